The predicted molar refractivity (Wildman–Crippen MR) is 13.2 cm³/mol. The number of rotatable bonds is 0. The van der Waals surface area contributed by atoms with E-state index in [0.717, 1.165) is 0 Å². The highest BCUT2D eigenvalue weighted by molar-refractivity contribution is 5.10. The predicted octanol–water partition coefficient (Wildman–Crippen LogP) is 0.147. The summed E-state index contributed by atoms with van der Waals surface area (Å²) in [4.78, 5) is 15.5. The monoisotopic (exact) mass is 61.0 g/mol. The molecule has 24 valence electrons. The van der Waals surface area contributed by atoms with Gasteiger partial charge < -0.3 is 4.79 Å². The van der Waals surface area contributed by atoms with Crippen molar-refractivity contribution in [2.75, 3.05) is 0 Å². The van der Waals surface area contributed by atoms with E-state index in [9.17, 15) is 0 Å². The molecule has 0 saturated heterocycles. The third-order valence-electron chi connectivity index (χ3n) is 0. The van der Waals surface area contributed by atoms with Crippen molar-refractivity contribution in [3.63, 3.8) is 0 Å². The zero-order valence-electron chi connectivity index (χ0n) is 2.02. The van der Waals surface area contributed by atoms with Crippen molar-refractivity contribution >= 4 is 6.79 Å². The maximum atomic E-state index is 8.00. The Hall–Kier alpha value is -0.730. The fraction of sp³-hybridized carbons (Fsp3) is 0. The van der Waals surface area contributed by atoms with Crippen LogP contribution in [0.5, 0.6) is 0 Å². The van der Waals surface area contributed by atoms with Crippen LogP contribution in [-0.4, -0.2) is 6.79 Å². The lowest BCUT2D eigenvalue weighted by Gasteiger charge is -0.837. The van der Waals surface area contributed by atoms with E-state index < -0.39 is 0 Å². The van der Waals surface area contributed by atoms with E-state index in [4.69, 9.17) is 9.70 Å². The minimum absolute atomic E-state index is 2.00. The second-order valence-corrected chi connectivity index (χ2v) is 0. The number of carbonyl (C=O) groups excluding carboxylic acids is 1. The Morgan fingerprint density at radius 2 is 1.25 bits per heavy atom. The van der Waals surface area contributed by atoms with Gasteiger partial charge in [0, 0.05) is 0 Å². The molecule has 0 radical (unpaired) electrons. The summed E-state index contributed by atoms with van der Waals surface area (Å²) < 4.78 is 0. The summed E-state index contributed by atoms with van der Waals surface area (Å²) in [5, 5.41) is 0. The Morgan fingerprint density at radius 1 is 1.25 bits per heavy atom. The van der Waals surface area contributed by atoms with Crippen LogP contribution in [0.2, 0.25) is 0 Å². The molecule has 0 spiro atoms. The highest BCUT2D eigenvalue weighted by atomic mass is 16.2. The lowest BCUT2D eigenvalue weighted by atomic mass is 11.9. The second kappa shape index (κ2) is 6.87. The van der Waals surface area contributed by atoms with Gasteiger partial charge in [-0.2, -0.15) is 4.91 Å². The number of hydrogen-bond acceptors (Lipinski definition) is 3. The quantitative estimate of drug-likeness (QED) is 0.405. The molecular formula is CH3NO2. The molecule has 0 aromatic rings. The minimum atomic E-state index is 2.00. The van der Waals surface area contributed by atoms with Crippen LogP contribution in [0, 0.1) is 10.5 Å². The van der Waals surface area contributed by atoms with Gasteiger partial charge in [-0.3, -0.25) is 0 Å². The molecule has 4 heavy (non-hydrogen) atoms. The van der Waals surface area contributed by atoms with Gasteiger partial charge in [0.2, 0.25) is 0 Å². The molecule has 0 unspecified atom stereocenters. The SMILES string of the molecule is C=O.N=O. The van der Waals surface area contributed by atoms with Gasteiger partial charge in [-0.05, 0) is 0 Å². The van der Waals surface area contributed by atoms with E-state index in [-0.39, 0.29) is 0 Å². The van der Waals surface area contributed by atoms with Crippen molar-refractivity contribution in [2.45, 2.75) is 0 Å². The van der Waals surface area contributed by atoms with Crippen molar-refractivity contribution in [1.82, 2.24) is 0 Å². The molecule has 3 nitrogen and oxygen atoms in total. The van der Waals surface area contributed by atoms with Crippen LogP contribution in [0.3, 0.4) is 0 Å². The summed E-state index contributed by atoms with van der Waals surface area (Å²) in [6, 6.07) is 0. The van der Waals surface area contributed by atoms with Crippen LogP contribution in [0.4, 0.5) is 0 Å². The van der Waals surface area contributed by atoms with Crippen LogP contribution >= 0.6 is 0 Å². The van der Waals surface area contributed by atoms with Crippen molar-refractivity contribution in [2.24, 2.45) is 0 Å². The van der Waals surface area contributed by atoms with Crippen molar-refractivity contribution in [3.8, 4) is 0 Å². The number of hydrogen-bond donors (Lipinski definition) is 1. The highest BCUT2D eigenvalue weighted by Gasteiger charge is 0.636. The first-order valence-corrected chi connectivity index (χ1v) is 0.493. The van der Waals surface area contributed by atoms with Gasteiger partial charge in [0.15, 0.2) is 0 Å². The van der Waals surface area contributed by atoms with Gasteiger partial charge in [-0.1, -0.05) is 5.59 Å². The number of nitrogens with one attached hydrogen (secondary N) is 1. The van der Waals surface area contributed by atoms with E-state index in [1.54, 1.807) is 0 Å². The molecule has 0 aliphatic carbocycles. The highest BCUT2D eigenvalue weighted by Crippen LogP contribution is 0.766. The zero-order chi connectivity index (χ0) is 4.00. The third kappa shape index (κ3) is 0.174. The molecule has 0 atom stereocenters. The Morgan fingerprint density at radius 3 is 1.25 bits per heavy atom. The molecule has 1 N–H and O–H groups in total. The van der Waals surface area contributed by atoms with Crippen LogP contribution in [0.15, 0.2) is 0 Å². The third-order valence-corrected chi connectivity index (χ3v) is 0. The standard InChI is InChI=1S/CH2O.HNO/c2*1-2/h1H2;1H. The molecule has 3 heteroatoms. The van der Waals surface area contributed by atoms with Gasteiger partial charge in [0.05, 0.1) is 0 Å². The molecule has 0 fully saturated rings. The molecule has 0 aliphatic heterocycles. The molecule has 0 aromatic carbocycles. The molecule has 0 bridgehead atoms. The first-order valence-electron chi connectivity index (χ1n) is 0.493. The molecule has 0 amide bonds. The average Bonchev–Trinajstić information content (AvgIpc) is 1.50. The lowest BCUT2D eigenvalue weighted by Crippen LogP contribution is -0.925. The van der Waals surface area contributed by atoms with Gasteiger partial charge in [-0.25, -0.2) is 0 Å². The lowest BCUT2D eigenvalue weighted by molar-refractivity contribution is -0.0979. The van der Waals surface area contributed by atoms with Crippen LogP contribution < -0.4 is 0 Å². The summed E-state index contributed by atoms with van der Waals surface area (Å²) in [6.07, 6.45) is 0. The molecule has 0 heterocycles. The largest absolute Gasteiger partial charge is 0.307 e. The van der Waals surface area contributed by atoms with Crippen molar-refractivity contribution < 1.29 is 4.79 Å². The zero-order valence-corrected chi connectivity index (χ0v) is 2.02. The summed E-state index contributed by atoms with van der Waals surface area (Å²) in [7, 11) is 0. The van der Waals surface area contributed by atoms with Gasteiger partial charge in [0.1, 0.15) is 6.79 Å². The summed E-state index contributed by atoms with van der Waals surface area (Å²) in [6.45, 7) is 2.00. The Kier molecular flexibility index (Phi) is 17.9. The van der Waals surface area contributed by atoms with E-state index in [0.29, 0.717) is 0 Å². The summed E-state index contributed by atoms with van der Waals surface area (Å²) >= 11 is 0. The Balaban J connectivity index is 0. The van der Waals surface area contributed by atoms with Crippen LogP contribution in [0.1, 0.15) is 0 Å². The first-order chi connectivity index (χ1) is 2.00. The molecule has 0 aliphatic rings. The first kappa shape index (κ1) is 10.4. The fourth-order valence-corrected chi connectivity index (χ4v) is 0. The molecule has 0 aromatic heterocycles. The maximum Gasteiger partial charge on any atom is 0.106 e. The number of nitroso groups, excluding NO2 is 1. The number of carbonyl (C=O) groups is 1. The van der Waals surface area contributed by atoms with Crippen molar-refractivity contribution in [1.29, 1.82) is 5.59 Å². The second-order valence-electron chi connectivity index (χ2n) is 0. The normalized spacial score (nSPS) is 2.00. The average molecular weight is 61.0 g/mol. The molecular weight excluding hydrogens is 58.0 g/mol. The van der Waals surface area contributed by atoms with Gasteiger partial charge >= 0.3 is 0 Å². The summed E-state index contributed by atoms with van der Waals surface area (Å²) in [5.41, 5.74) is 4.50. The van der Waals surface area contributed by atoms with Gasteiger partial charge in [-0.15, -0.1) is 0 Å². The fourth-order valence-electron chi connectivity index (χ4n) is 0. The minimum Gasteiger partial charge on any atom is -0.307 e. The van der Waals surface area contributed by atoms with Crippen molar-refractivity contribution in [3.05, 3.63) is 4.91 Å². The van der Waals surface area contributed by atoms with Crippen LogP contribution in [-0.2, 0) is 4.79 Å². The maximum absolute atomic E-state index is 8.00. The van der Waals surface area contributed by atoms with E-state index in [2.05, 4.69) is 5.59 Å². The smallest absolute Gasteiger partial charge is 0.106 e. The topological polar surface area (TPSA) is 58.0 Å². The summed E-state index contributed by atoms with van der Waals surface area (Å²) in [5.74, 6) is 0. The van der Waals surface area contributed by atoms with Gasteiger partial charge in [0.25, 0.3) is 0 Å². The molecule has 0 saturated carbocycles. The van der Waals surface area contributed by atoms with E-state index in [1.165, 1.54) is 0 Å². The molecule has 0 rings (SSSR count). The Labute approximate surface area is 23.4 Å². The van der Waals surface area contributed by atoms with E-state index >= 15 is 0 Å². The van der Waals surface area contributed by atoms with Crippen LogP contribution in [0.25, 0.3) is 0 Å². The van der Waals surface area contributed by atoms with E-state index in [1.807, 2.05) is 6.79 Å². The Bertz CT molecular complexity index is 8.00.